The van der Waals surface area contributed by atoms with Crippen LogP contribution >= 0.6 is 23.2 Å². The Hall–Kier alpha value is -0.580. The smallest absolute Gasteiger partial charge is 0.181 e. The van der Waals surface area contributed by atoms with Crippen LogP contribution in [0.5, 0.6) is 0 Å². The van der Waals surface area contributed by atoms with Gasteiger partial charge in [0.05, 0.1) is 15.8 Å². The Bertz CT molecular complexity index is 576. The number of carbonyl (C=O) groups excluding carboxylic acids is 1. The number of hydrogen-bond donors (Lipinski definition) is 0. The molecule has 1 aliphatic carbocycles. The molecule has 3 nitrogen and oxygen atoms in total. The molecular weight excluding hydrogens is 307 g/mol. The van der Waals surface area contributed by atoms with E-state index in [0.717, 1.165) is 12.8 Å². The van der Waals surface area contributed by atoms with Crippen molar-refractivity contribution in [3.8, 4) is 0 Å². The van der Waals surface area contributed by atoms with Crippen molar-refractivity contribution in [3.05, 3.63) is 28.2 Å². The van der Waals surface area contributed by atoms with Gasteiger partial charge in [-0.15, -0.1) is 0 Å². The molecule has 1 aromatic rings. The quantitative estimate of drug-likeness (QED) is 0.852. The molecule has 0 saturated heterocycles. The lowest BCUT2D eigenvalue weighted by molar-refractivity contribution is -0.120. The molecule has 0 radical (unpaired) electrons. The molecule has 19 heavy (non-hydrogen) atoms. The highest BCUT2D eigenvalue weighted by atomic mass is 35.5. The van der Waals surface area contributed by atoms with Crippen LogP contribution in [-0.2, 0) is 14.6 Å². The summed E-state index contributed by atoms with van der Waals surface area (Å²) in [5.74, 6) is -0.0520. The fraction of sp³-hybridized carbons (Fsp3) is 0.462. The lowest BCUT2D eigenvalue weighted by Crippen LogP contribution is -2.15. The molecule has 0 aliphatic heterocycles. The lowest BCUT2D eigenvalue weighted by atomic mass is 10.1. The molecule has 0 aromatic heterocycles. The van der Waals surface area contributed by atoms with Gasteiger partial charge in [-0.2, -0.15) is 0 Å². The van der Waals surface area contributed by atoms with E-state index in [1.54, 1.807) is 6.07 Å². The average Bonchev–Trinajstić information content (AvgIpc) is 2.72. The van der Waals surface area contributed by atoms with Gasteiger partial charge in [0.15, 0.2) is 9.84 Å². The standard InChI is InChI=1S/C13H14Cl2O3S/c14-10-4-2-5-11(15)13(10)19(17,18)8-7-9-3-1-6-12(9)16/h2,4-5,9H,1,3,6-8H2. The molecule has 6 heteroatoms. The number of carbonyl (C=O) groups is 1. The molecule has 0 heterocycles. The second-order valence-electron chi connectivity index (χ2n) is 4.71. The summed E-state index contributed by atoms with van der Waals surface area (Å²) in [6.45, 7) is 0. The first-order chi connectivity index (χ1) is 8.92. The largest absolute Gasteiger partial charge is 0.299 e. The van der Waals surface area contributed by atoms with Crippen LogP contribution in [0.4, 0.5) is 0 Å². The van der Waals surface area contributed by atoms with E-state index in [2.05, 4.69) is 0 Å². The van der Waals surface area contributed by atoms with Gasteiger partial charge in [-0.1, -0.05) is 29.3 Å². The first-order valence-electron chi connectivity index (χ1n) is 6.11. The molecule has 104 valence electrons. The van der Waals surface area contributed by atoms with E-state index in [9.17, 15) is 13.2 Å². The maximum absolute atomic E-state index is 12.3. The van der Waals surface area contributed by atoms with Crippen LogP contribution in [0.2, 0.25) is 10.0 Å². The van der Waals surface area contributed by atoms with Crippen molar-refractivity contribution >= 4 is 38.8 Å². The maximum Gasteiger partial charge on any atom is 0.181 e. The minimum absolute atomic E-state index is 0.0243. The minimum atomic E-state index is -3.55. The number of halogens is 2. The molecule has 1 atom stereocenters. The van der Waals surface area contributed by atoms with E-state index in [0.29, 0.717) is 12.8 Å². The summed E-state index contributed by atoms with van der Waals surface area (Å²) >= 11 is 11.8. The van der Waals surface area contributed by atoms with Crippen LogP contribution in [0.25, 0.3) is 0 Å². The second kappa shape index (κ2) is 5.81. The molecule has 0 spiro atoms. The van der Waals surface area contributed by atoms with Gasteiger partial charge >= 0.3 is 0 Å². The fourth-order valence-corrected chi connectivity index (χ4v) is 5.00. The zero-order valence-electron chi connectivity index (χ0n) is 10.2. The molecule has 1 saturated carbocycles. The van der Waals surface area contributed by atoms with Gasteiger partial charge in [0.2, 0.25) is 0 Å². The predicted molar refractivity (Wildman–Crippen MR) is 75.5 cm³/mol. The topological polar surface area (TPSA) is 51.2 Å². The Morgan fingerprint density at radius 3 is 2.37 bits per heavy atom. The summed E-state index contributed by atoms with van der Waals surface area (Å²) in [4.78, 5) is 11.5. The van der Waals surface area contributed by atoms with E-state index < -0.39 is 9.84 Å². The molecule has 2 rings (SSSR count). The number of benzene rings is 1. The van der Waals surface area contributed by atoms with E-state index in [1.165, 1.54) is 12.1 Å². The molecular formula is C13H14Cl2O3S. The van der Waals surface area contributed by atoms with Crippen LogP contribution < -0.4 is 0 Å². The summed E-state index contributed by atoms with van der Waals surface area (Å²) in [6.07, 6.45) is 2.56. The van der Waals surface area contributed by atoms with Crippen LogP contribution in [0.3, 0.4) is 0 Å². The van der Waals surface area contributed by atoms with Crippen LogP contribution in [0, 0.1) is 5.92 Å². The van der Waals surface area contributed by atoms with Crippen LogP contribution in [0.1, 0.15) is 25.7 Å². The molecule has 0 N–H and O–H groups in total. The Labute approximate surface area is 122 Å². The van der Waals surface area contributed by atoms with E-state index in [4.69, 9.17) is 23.2 Å². The van der Waals surface area contributed by atoms with Gasteiger partial charge in [-0.25, -0.2) is 8.42 Å². The Morgan fingerprint density at radius 1 is 1.21 bits per heavy atom. The Morgan fingerprint density at radius 2 is 1.84 bits per heavy atom. The summed E-state index contributed by atoms with van der Waals surface area (Å²) in [6, 6.07) is 4.60. The Kier molecular flexibility index (Phi) is 4.54. The summed E-state index contributed by atoms with van der Waals surface area (Å²) < 4.78 is 24.5. The first kappa shape index (κ1) is 14.8. The Balaban J connectivity index is 2.16. The monoisotopic (exact) mass is 320 g/mol. The van der Waals surface area contributed by atoms with Crippen LogP contribution in [0.15, 0.2) is 23.1 Å². The fourth-order valence-electron chi connectivity index (χ4n) is 2.37. The third-order valence-electron chi connectivity index (χ3n) is 3.40. The summed E-state index contributed by atoms with van der Waals surface area (Å²) in [7, 11) is -3.55. The SMILES string of the molecule is O=C1CCCC1CCS(=O)(=O)c1c(Cl)cccc1Cl. The van der Waals surface area contributed by atoms with Gasteiger partial charge in [0.25, 0.3) is 0 Å². The number of ketones is 1. The third-order valence-corrected chi connectivity index (χ3v) is 6.09. The third kappa shape index (κ3) is 3.30. The zero-order valence-corrected chi connectivity index (χ0v) is 12.6. The van der Waals surface area contributed by atoms with Gasteiger partial charge in [0, 0.05) is 12.3 Å². The normalized spacial score (nSPS) is 19.9. The average molecular weight is 321 g/mol. The minimum Gasteiger partial charge on any atom is -0.299 e. The molecule has 0 bridgehead atoms. The van der Waals surface area contributed by atoms with E-state index in [1.807, 2.05) is 0 Å². The van der Waals surface area contributed by atoms with Crippen molar-refractivity contribution in [2.24, 2.45) is 5.92 Å². The zero-order chi connectivity index (χ0) is 14.0. The van der Waals surface area contributed by atoms with Gasteiger partial charge in [0.1, 0.15) is 10.7 Å². The highest BCUT2D eigenvalue weighted by Crippen LogP contribution is 2.32. The lowest BCUT2D eigenvalue weighted by Gasteiger charge is -2.11. The van der Waals surface area contributed by atoms with Gasteiger partial charge in [-0.05, 0) is 31.4 Å². The van der Waals surface area contributed by atoms with Crippen molar-refractivity contribution in [2.75, 3.05) is 5.75 Å². The van der Waals surface area contributed by atoms with E-state index >= 15 is 0 Å². The number of Topliss-reactive ketones (excluding diaryl/α,β-unsaturated/α-hetero) is 1. The second-order valence-corrected chi connectivity index (χ2v) is 7.57. The molecule has 1 aromatic carbocycles. The van der Waals surface area contributed by atoms with Gasteiger partial charge in [-0.3, -0.25) is 4.79 Å². The molecule has 0 amide bonds. The predicted octanol–water partition coefficient (Wildman–Crippen LogP) is 3.53. The van der Waals surface area contributed by atoms with Crippen molar-refractivity contribution in [3.63, 3.8) is 0 Å². The van der Waals surface area contributed by atoms with Crippen LogP contribution in [-0.4, -0.2) is 20.0 Å². The highest BCUT2D eigenvalue weighted by molar-refractivity contribution is 7.91. The summed E-state index contributed by atoms with van der Waals surface area (Å²) in [5, 5.41) is 0.260. The van der Waals surface area contributed by atoms with Crippen molar-refractivity contribution in [2.45, 2.75) is 30.6 Å². The van der Waals surface area contributed by atoms with Crippen molar-refractivity contribution < 1.29 is 13.2 Å². The maximum atomic E-state index is 12.3. The van der Waals surface area contributed by atoms with Gasteiger partial charge < -0.3 is 0 Å². The number of rotatable bonds is 4. The molecule has 1 aliphatic rings. The first-order valence-corrected chi connectivity index (χ1v) is 8.52. The number of sulfone groups is 1. The highest BCUT2D eigenvalue weighted by Gasteiger charge is 2.28. The molecule has 1 fully saturated rings. The molecule has 1 unspecified atom stereocenters. The van der Waals surface area contributed by atoms with E-state index in [-0.39, 0.29) is 32.4 Å². The van der Waals surface area contributed by atoms with Crippen molar-refractivity contribution in [1.82, 2.24) is 0 Å². The van der Waals surface area contributed by atoms with Crippen molar-refractivity contribution in [1.29, 1.82) is 0 Å². The summed E-state index contributed by atoms with van der Waals surface area (Å²) in [5.41, 5.74) is 0. The number of hydrogen-bond acceptors (Lipinski definition) is 3.